The fourth-order valence-corrected chi connectivity index (χ4v) is 3.51. The average molecular weight is 354 g/mol. The highest BCUT2D eigenvalue weighted by Crippen LogP contribution is 2.30. The summed E-state index contributed by atoms with van der Waals surface area (Å²) < 4.78 is 18.4. The topological polar surface area (TPSA) is 56.9 Å². The second kappa shape index (κ2) is 6.80. The van der Waals surface area contributed by atoms with Crippen LogP contribution in [0, 0.1) is 5.82 Å². The minimum Gasteiger partial charge on any atom is -0.422 e. The zero-order valence-corrected chi connectivity index (χ0v) is 14.2. The van der Waals surface area contributed by atoms with Crippen molar-refractivity contribution >= 4 is 22.3 Å². The van der Waals surface area contributed by atoms with E-state index in [9.17, 15) is 14.3 Å². The van der Waals surface area contributed by atoms with Crippen molar-refractivity contribution in [3.63, 3.8) is 0 Å². The van der Waals surface area contributed by atoms with Crippen molar-refractivity contribution in [3.05, 3.63) is 70.3 Å². The molecule has 1 aliphatic rings. The van der Waals surface area contributed by atoms with Gasteiger partial charge < -0.3 is 19.3 Å². The maximum absolute atomic E-state index is 13.1. The molecule has 6 heteroatoms. The molecule has 1 aliphatic heterocycles. The van der Waals surface area contributed by atoms with E-state index in [-0.39, 0.29) is 12.4 Å². The summed E-state index contributed by atoms with van der Waals surface area (Å²) >= 11 is 0. The molecule has 0 amide bonds. The van der Waals surface area contributed by atoms with Gasteiger partial charge in [0.15, 0.2) is 0 Å². The molecule has 1 N–H and O–H groups in total. The molecule has 0 unspecified atom stereocenters. The molecule has 2 aromatic carbocycles. The van der Waals surface area contributed by atoms with Crippen molar-refractivity contribution in [3.8, 4) is 0 Å². The molecular formula is C20H19FN2O3. The van der Waals surface area contributed by atoms with E-state index in [1.54, 1.807) is 18.2 Å². The molecule has 1 fully saturated rings. The van der Waals surface area contributed by atoms with Crippen LogP contribution in [0.5, 0.6) is 0 Å². The Morgan fingerprint density at radius 2 is 1.62 bits per heavy atom. The standard InChI is InChI=1S/C20H19FN2O3/c21-14-5-7-15(8-6-14)22-9-11-23(12-10-22)19-16-3-1-2-4-18(16)26-20(25)17(19)13-24/h1-8,24H,9-13H2. The molecule has 0 spiro atoms. The molecule has 26 heavy (non-hydrogen) atoms. The lowest BCUT2D eigenvalue weighted by Crippen LogP contribution is -2.47. The Labute approximate surface area is 149 Å². The lowest BCUT2D eigenvalue weighted by atomic mass is 10.1. The van der Waals surface area contributed by atoms with Gasteiger partial charge in [0, 0.05) is 37.3 Å². The number of anilines is 2. The molecule has 2 heterocycles. The Balaban J connectivity index is 1.65. The number of aliphatic hydroxyl groups excluding tert-OH is 1. The minimum atomic E-state index is -0.498. The molecule has 0 saturated carbocycles. The second-order valence-corrected chi connectivity index (χ2v) is 6.32. The molecule has 0 bridgehead atoms. The number of nitrogens with zero attached hydrogens (tertiary/aromatic N) is 2. The zero-order valence-electron chi connectivity index (χ0n) is 14.2. The fourth-order valence-electron chi connectivity index (χ4n) is 3.51. The number of piperazine rings is 1. The summed E-state index contributed by atoms with van der Waals surface area (Å²) in [6.45, 7) is 2.51. The van der Waals surface area contributed by atoms with E-state index in [4.69, 9.17) is 4.42 Å². The van der Waals surface area contributed by atoms with E-state index < -0.39 is 5.63 Å². The molecule has 1 saturated heterocycles. The van der Waals surface area contributed by atoms with Gasteiger partial charge in [0.05, 0.1) is 17.9 Å². The van der Waals surface area contributed by atoms with Gasteiger partial charge >= 0.3 is 5.63 Å². The van der Waals surface area contributed by atoms with Crippen molar-refractivity contribution in [1.29, 1.82) is 0 Å². The predicted molar refractivity (Wildman–Crippen MR) is 99.2 cm³/mol. The number of rotatable bonds is 3. The second-order valence-electron chi connectivity index (χ2n) is 6.32. The summed E-state index contributed by atoms with van der Waals surface area (Å²) in [5.74, 6) is -0.248. The Kier molecular flexibility index (Phi) is 4.34. The lowest BCUT2D eigenvalue weighted by Gasteiger charge is -2.38. The first-order valence-corrected chi connectivity index (χ1v) is 8.58. The smallest absolute Gasteiger partial charge is 0.343 e. The summed E-state index contributed by atoms with van der Waals surface area (Å²) in [6, 6.07) is 13.8. The maximum Gasteiger partial charge on any atom is 0.343 e. The summed E-state index contributed by atoms with van der Waals surface area (Å²) in [5.41, 5.74) is 2.04. The molecule has 0 radical (unpaired) electrons. The number of hydrogen-bond donors (Lipinski definition) is 1. The van der Waals surface area contributed by atoms with Crippen molar-refractivity contribution < 1.29 is 13.9 Å². The van der Waals surface area contributed by atoms with Crippen LogP contribution in [0.25, 0.3) is 11.0 Å². The van der Waals surface area contributed by atoms with Gasteiger partial charge in [-0.2, -0.15) is 0 Å². The third-order valence-electron chi connectivity index (χ3n) is 4.82. The molecule has 3 aromatic rings. The van der Waals surface area contributed by atoms with E-state index in [1.165, 1.54) is 12.1 Å². The van der Waals surface area contributed by atoms with Gasteiger partial charge in [0.2, 0.25) is 0 Å². The Hall–Kier alpha value is -2.86. The normalized spacial score (nSPS) is 14.8. The highest BCUT2D eigenvalue weighted by Gasteiger charge is 2.23. The largest absolute Gasteiger partial charge is 0.422 e. The quantitative estimate of drug-likeness (QED) is 0.733. The zero-order chi connectivity index (χ0) is 18.1. The number of aliphatic hydroxyl groups is 1. The lowest BCUT2D eigenvalue weighted by molar-refractivity contribution is 0.276. The Morgan fingerprint density at radius 3 is 2.31 bits per heavy atom. The molecule has 4 rings (SSSR count). The van der Waals surface area contributed by atoms with Crippen molar-refractivity contribution in [2.45, 2.75) is 6.61 Å². The van der Waals surface area contributed by atoms with Crippen molar-refractivity contribution in [2.75, 3.05) is 36.0 Å². The van der Waals surface area contributed by atoms with Crippen LogP contribution in [-0.4, -0.2) is 31.3 Å². The van der Waals surface area contributed by atoms with Gasteiger partial charge in [-0.05, 0) is 36.4 Å². The molecule has 0 atom stereocenters. The van der Waals surface area contributed by atoms with Crippen LogP contribution in [0.4, 0.5) is 15.8 Å². The third kappa shape index (κ3) is 2.93. The highest BCUT2D eigenvalue weighted by molar-refractivity contribution is 5.92. The van der Waals surface area contributed by atoms with Gasteiger partial charge in [0.1, 0.15) is 11.4 Å². The van der Waals surface area contributed by atoms with Gasteiger partial charge in [-0.3, -0.25) is 0 Å². The minimum absolute atomic E-state index is 0.248. The van der Waals surface area contributed by atoms with Crippen molar-refractivity contribution in [2.24, 2.45) is 0 Å². The first-order chi connectivity index (χ1) is 12.7. The predicted octanol–water partition coefficient (Wildman–Crippen LogP) is 2.75. The van der Waals surface area contributed by atoms with Gasteiger partial charge in [-0.25, -0.2) is 9.18 Å². The van der Waals surface area contributed by atoms with Crippen molar-refractivity contribution in [1.82, 2.24) is 0 Å². The van der Waals surface area contributed by atoms with E-state index in [1.807, 2.05) is 18.2 Å². The van der Waals surface area contributed by atoms with E-state index in [0.717, 1.165) is 29.9 Å². The summed E-state index contributed by atoms with van der Waals surface area (Å²) in [6.07, 6.45) is 0. The number of hydrogen-bond acceptors (Lipinski definition) is 5. The third-order valence-corrected chi connectivity index (χ3v) is 4.82. The van der Waals surface area contributed by atoms with E-state index in [0.29, 0.717) is 24.2 Å². The Morgan fingerprint density at radius 1 is 0.962 bits per heavy atom. The average Bonchev–Trinajstić information content (AvgIpc) is 2.68. The van der Waals surface area contributed by atoms with Crippen LogP contribution in [0.3, 0.4) is 0 Å². The van der Waals surface area contributed by atoms with Crippen LogP contribution in [0.1, 0.15) is 5.56 Å². The summed E-state index contributed by atoms with van der Waals surface area (Å²) in [5, 5.41) is 10.5. The van der Waals surface area contributed by atoms with Gasteiger partial charge in [0.25, 0.3) is 0 Å². The van der Waals surface area contributed by atoms with Crippen LogP contribution in [-0.2, 0) is 6.61 Å². The maximum atomic E-state index is 13.1. The number of fused-ring (bicyclic) bond motifs is 1. The highest BCUT2D eigenvalue weighted by atomic mass is 19.1. The van der Waals surface area contributed by atoms with Crippen LogP contribution >= 0.6 is 0 Å². The molecule has 134 valence electrons. The summed E-state index contributed by atoms with van der Waals surface area (Å²) in [4.78, 5) is 16.5. The number of benzene rings is 2. The summed E-state index contributed by atoms with van der Waals surface area (Å²) in [7, 11) is 0. The SMILES string of the molecule is O=c1oc2ccccc2c(N2CCN(c3ccc(F)cc3)CC2)c1CO. The fraction of sp³-hybridized carbons (Fsp3) is 0.250. The first kappa shape index (κ1) is 16.6. The number of para-hydroxylation sites is 1. The van der Waals surface area contributed by atoms with Crippen LogP contribution in [0.15, 0.2) is 57.7 Å². The van der Waals surface area contributed by atoms with E-state index in [2.05, 4.69) is 9.80 Å². The van der Waals surface area contributed by atoms with Crippen LogP contribution < -0.4 is 15.4 Å². The monoisotopic (exact) mass is 354 g/mol. The van der Waals surface area contributed by atoms with Gasteiger partial charge in [-0.15, -0.1) is 0 Å². The van der Waals surface area contributed by atoms with E-state index >= 15 is 0 Å². The molecule has 1 aromatic heterocycles. The van der Waals surface area contributed by atoms with Crippen LogP contribution in [0.2, 0.25) is 0 Å². The number of halogens is 1. The van der Waals surface area contributed by atoms with Gasteiger partial charge in [-0.1, -0.05) is 12.1 Å². The molecular weight excluding hydrogens is 335 g/mol. The Bertz CT molecular complexity index is 977. The first-order valence-electron chi connectivity index (χ1n) is 8.58. The molecule has 0 aliphatic carbocycles. The molecule has 5 nitrogen and oxygen atoms in total.